The molecular weight excluding hydrogens is 516 g/mol. The van der Waals surface area contributed by atoms with Crippen LogP contribution in [0.4, 0.5) is 0 Å². The van der Waals surface area contributed by atoms with Crippen LogP contribution < -0.4 is 0 Å². The molecule has 1 aliphatic rings. The van der Waals surface area contributed by atoms with Crippen molar-refractivity contribution >= 4 is 42.8 Å². The van der Waals surface area contributed by atoms with E-state index in [4.69, 9.17) is 4.74 Å². The standard InChI is InChI=1S/C26H23BrN2O4S/c1-16-7-10-18(11-8-16)34(31,32)29-24(14-25(30)33-2)19-5-3-4-6-20(19)26(29)22-15-28-23-12-9-17(27)13-21(22)23/h3-13,15,24,26,28H,14H2,1-2H3/t24-,26-/m0/s1. The van der Waals surface area contributed by atoms with E-state index in [9.17, 15) is 13.2 Å². The minimum Gasteiger partial charge on any atom is -0.469 e. The summed E-state index contributed by atoms with van der Waals surface area (Å²) in [5.74, 6) is -0.466. The quantitative estimate of drug-likeness (QED) is 0.333. The number of hydrogen-bond acceptors (Lipinski definition) is 4. The third-order valence-electron chi connectivity index (χ3n) is 6.37. The topological polar surface area (TPSA) is 79.5 Å². The maximum atomic E-state index is 14.2. The molecule has 1 N–H and O–H groups in total. The number of esters is 1. The van der Waals surface area contributed by atoms with Gasteiger partial charge in [-0.2, -0.15) is 4.31 Å². The van der Waals surface area contributed by atoms with E-state index in [0.717, 1.165) is 37.6 Å². The van der Waals surface area contributed by atoms with Gasteiger partial charge in [0.2, 0.25) is 10.0 Å². The van der Waals surface area contributed by atoms with Crippen molar-refractivity contribution in [2.24, 2.45) is 0 Å². The number of carbonyl (C=O) groups is 1. The molecule has 3 aromatic carbocycles. The zero-order valence-electron chi connectivity index (χ0n) is 18.7. The van der Waals surface area contributed by atoms with Gasteiger partial charge in [0.1, 0.15) is 0 Å². The first-order valence-electron chi connectivity index (χ1n) is 10.8. The molecule has 0 unspecified atom stereocenters. The van der Waals surface area contributed by atoms with Gasteiger partial charge in [0.25, 0.3) is 0 Å². The lowest BCUT2D eigenvalue weighted by atomic mass is 9.96. The number of carbonyl (C=O) groups excluding carboxylic acids is 1. The zero-order valence-corrected chi connectivity index (χ0v) is 21.1. The molecule has 0 bridgehead atoms. The Labute approximate surface area is 206 Å². The second kappa shape index (κ2) is 8.69. The predicted octanol–water partition coefficient (Wildman–Crippen LogP) is 5.64. The fraction of sp³-hybridized carbons (Fsp3) is 0.192. The lowest BCUT2D eigenvalue weighted by Crippen LogP contribution is -2.34. The van der Waals surface area contributed by atoms with Crippen LogP contribution in [0, 0.1) is 6.92 Å². The molecule has 174 valence electrons. The lowest BCUT2D eigenvalue weighted by Gasteiger charge is -2.29. The van der Waals surface area contributed by atoms with Crippen molar-refractivity contribution < 1.29 is 17.9 Å². The number of sulfonamides is 1. The number of rotatable bonds is 5. The number of aromatic amines is 1. The molecule has 2 heterocycles. The Morgan fingerprint density at radius 2 is 1.74 bits per heavy atom. The Morgan fingerprint density at radius 1 is 1.03 bits per heavy atom. The van der Waals surface area contributed by atoms with Gasteiger partial charge in [-0.05, 0) is 48.4 Å². The Morgan fingerprint density at radius 3 is 2.44 bits per heavy atom. The van der Waals surface area contributed by atoms with E-state index >= 15 is 0 Å². The summed E-state index contributed by atoms with van der Waals surface area (Å²) in [4.78, 5) is 15.9. The first-order chi connectivity index (χ1) is 16.3. The maximum absolute atomic E-state index is 14.2. The highest BCUT2D eigenvalue weighted by Crippen LogP contribution is 2.51. The van der Waals surface area contributed by atoms with Crippen molar-refractivity contribution in [3.8, 4) is 0 Å². The van der Waals surface area contributed by atoms with Crippen LogP contribution in [0.25, 0.3) is 10.9 Å². The van der Waals surface area contributed by atoms with Crippen molar-refractivity contribution in [3.05, 3.63) is 99.7 Å². The van der Waals surface area contributed by atoms with Gasteiger partial charge in [-0.25, -0.2) is 8.42 Å². The normalized spacial score (nSPS) is 18.2. The van der Waals surface area contributed by atoms with E-state index in [1.54, 1.807) is 24.3 Å². The Hall–Kier alpha value is -2.94. The Bertz CT molecular complexity index is 1500. The van der Waals surface area contributed by atoms with Gasteiger partial charge in [0.05, 0.1) is 30.5 Å². The second-order valence-electron chi connectivity index (χ2n) is 8.41. The molecule has 8 heteroatoms. The SMILES string of the molecule is COC(=O)C[C@H]1c2ccccc2[C@@H](c2c[nH]c3ccc(Br)cc23)N1S(=O)(=O)c1ccc(C)cc1. The number of ether oxygens (including phenoxy) is 1. The van der Waals surface area contributed by atoms with Crippen molar-refractivity contribution in [2.45, 2.75) is 30.3 Å². The Balaban J connectivity index is 1.77. The van der Waals surface area contributed by atoms with Crippen LogP contribution in [0.5, 0.6) is 0 Å². The van der Waals surface area contributed by atoms with Crippen molar-refractivity contribution in [1.29, 1.82) is 0 Å². The highest BCUT2D eigenvalue weighted by Gasteiger charge is 2.47. The van der Waals surface area contributed by atoms with Gasteiger partial charge in [-0.3, -0.25) is 4.79 Å². The number of halogens is 1. The van der Waals surface area contributed by atoms with Crippen LogP contribution in [0.3, 0.4) is 0 Å². The molecule has 0 aliphatic carbocycles. The number of nitrogens with zero attached hydrogens (tertiary/aromatic N) is 1. The fourth-order valence-corrected chi connectivity index (χ4v) is 6.85. The zero-order chi connectivity index (χ0) is 24.0. The fourth-order valence-electron chi connectivity index (χ4n) is 4.74. The van der Waals surface area contributed by atoms with Crippen LogP contribution in [0.2, 0.25) is 0 Å². The lowest BCUT2D eigenvalue weighted by molar-refractivity contribution is -0.141. The van der Waals surface area contributed by atoms with Crippen LogP contribution >= 0.6 is 15.9 Å². The third kappa shape index (κ3) is 3.76. The van der Waals surface area contributed by atoms with Gasteiger partial charge in [0.15, 0.2) is 0 Å². The molecule has 0 saturated heterocycles. The van der Waals surface area contributed by atoms with Crippen molar-refractivity contribution in [3.63, 3.8) is 0 Å². The number of aryl methyl sites for hydroxylation is 1. The molecule has 6 nitrogen and oxygen atoms in total. The number of nitrogens with one attached hydrogen (secondary N) is 1. The molecule has 0 radical (unpaired) electrons. The highest BCUT2D eigenvalue weighted by atomic mass is 79.9. The number of aromatic nitrogens is 1. The van der Waals surface area contributed by atoms with Gasteiger partial charge in [-0.15, -0.1) is 0 Å². The molecule has 5 rings (SSSR count). The average molecular weight is 539 g/mol. The van der Waals surface area contributed by atoms with Crippen molar-refractivity contribution in [2.75, 3.05) is 7.11 Å². The van der Waals surface area contributed by atoms with Gasteiger partial charge in [0, 0.05) is 27.1 Å². The summed E-state index contributed by atoms with van der Waals surface area (Å²) in [6.07, 6.45) is 1.78. The van der Waals surface area contributed by atoms with E-state index in [2.05, 4.69) is 20.9 Å². The third-order valence-corrected chi connectivity index (χ3v) is 8.75. The van der Waals surface area contributed by atoms with Gasteiger partial charge >= 0.3 is 5.97 Å². The van der Waals surface area contributed by atoms with E-state index in [1.165, 1.54) is 11.4 Å². The molecule has 1 aliphatic heterocycles. The molecule has 2 atom stereocenters. The van der Waals surface area contributed by atoms with E-state index in [1.807, 2.05) is 55.6 Å². The van der Waals surface area contributed by atoms with Crippen LogP contribution in [-0.4, -0.2) is 30.8 Å². The summed E-state index contributed by atoms with van der Waals surface area (Å²) in [6.45, 7) is 1.91. The van der Waals surface area contributed by atoms with Gasteiger partial charge < -0.3 is 9.72 Å². The summed E-state index contributed by atoms with van der Waals surface area (Å²) in [6, 6.07) is 19.0. The second-order valence-corrected chi connectivity index (χ2v) is 11.2. The molecule has 0 spiro atoms. The summed E-state index contributed by atoms with van der Waals surface area (Å²) >= 11 is 3.54. The molecule has 0 saturated carbocycles. The summed E-state index contributed by atoms with van der Waals surface area (Å²) in [5, 5.41) is 0.914. The predicted molar refractivity (Wildman–Crippen MR) is 134 cm³/mol. The maximum Gasteiger partial charge on any atom is 0.307 e. The molecule has 0 fully saturated rings. The largest absolute Gasteiger partial charge is 0.469 e. The first kappa shape index (κ1) is 22.8. The average Bonchev–Trinajstić information content (AvgIpc) is 3.38. The first-order valence-corrected chi connectivity index (χ1v) is 13.1. The molecule has 0 amide bonds. The minimum atomic E-state index is -3.98. The smallest absolute Gasteiger partial charge is 0.307 e. The summed E-state index contributed by atoms with van der Waals surface area (Å²) in [7, 11) is -2.66. The Kier molecular flexibility index (Phi) is 5.83. The molecule has 4 aromatic rings. The summed E-state index contributed by atoms with van der Waals surface area (Å²) in [5.41, 5.74) is 4.35. The van der Waals surface area contributed by atoms with E-state index in [0.29, 0.717) is 0 Å². The molecule has 34 heavy (non-hydrogen) atoms. The van der Waals surface area contributed by atoms with Gasteiger partial charge in [-0.1, -0.05) is 57.9 Å². The number of hydrogen-bond donors (Lipinski definition) is 1. The monoisotopic (exact) mass is 538 g/mol. The molecular formula is C26H23BrN2O4S. The molecule has 1 aromatic heterocycles. The number of benzene rings is 3. The van der Waals surface area contributed by atoms with E-state index < -0.39 is 28.1 Å². The summed E-state index contributed by atoms with van der Waals surface area (Å²) < 4.78 is 35.6. The number of fused-ring (bicyclic) bond motifs is 2. The van der Waals surface area contributed by atoms with Crippen LogP contribution in [0.1, 0.15) is 40.8 Å². The van der Waals surface area contributed by atoms with E-state index in [-0.39, 0.29) is 11.3 Å². The van der Waals surface area contributed by atoms with Crippen LogP contribution in [-0.2, 0) is 19.6 Å². The minimum absolute atomic E-state index is 0.0822. The highest BCUT2D eigenvalue weighted by molar-refractivity contribution is 9.10. The number of methoxy groups -OCH3 is 1. The van der Waals surface area contributed by atoms with Crippen LogP contribution in [0.15, 0.2) is 82.3 Å². The number of H-pyrrole nitrogens is 1. The van der Waals surface area contributed by atoms with Crippen molar-refractivity contribution in [1.82, 2.24) is 9.29 Å².